The van der Waals surface area contributed by atoms with Crippen LogP contribution in [0.4, 0.5) is 5.82 Å². The molecule has 0 fully saturated rings. The minimum absolute atomic E-state index is 0.0131. The molecule has 0 saturated carbocycles. The normalized spacial score (nSPS) is 16.8. The van der Waals surface area contributed by atoms with Crippen molar-refractivity contribution in [3.05, 3.63) is 23.9 Å². The molecule has 7 nitrogen and oxygen atoms in total. The summed E-state index contributed by atoms with van der Waals surface area (Å²) in [6.45, 7) is 6.63. The molecule has 7 heteroatoms. The Hall–Kier alpha value is -2.57. The summed E-state index contributed by atoms with van der Waals surface area (Å²) < 4.78 is 7.31. The Morgan fingerprint density at radius 3 is 2.87 bits per heavy atom. The Kier molecular flexibility index (Phi) is 3.94. The van der Waals surface area contributed by atoms with Gasteiger partial charge < -0.3 is 15.2 Å². The second-order valence-corrected chi connectivity index (χ2v) is 6.01. The molecule has 0 radical (unpaired) electrons. The zero-order valence-electron chi connectivity index (χ0n) is 13.4. The Bertz CT molecular complexity index is 722. The molecule has 122 valence electrons. The van der Waals surface area contributed by atoms with E-state index in [1.165, 1.54) is 0 Å². The van der Waals surface area contributed by atoms with Crippen molar-refractivity contribution in [3.63, 3.8) is 0 Å². The van der Waals surface area contributed by atoms with Crippen molar-refractivity contribution in [2.45, 2.75) is 45.9 Å². The van der Waals surface area contributed by atoms with Crippen molar-refractivity contribution in [2.24, 2.45) is 0 Å². The molecule has 0 amide bonds. The minimum Gasteiger partial charge on any atom is -0.477 e. The zero-order chi connectivity index (χ0) is 16.6. The van der Waals surface area contributed by atoms with Gasteiger partial charge in [-0.2, -0.15) is 5.10 Å². The molecule has 1 atom stereocenters. The molecule has 1 aliphatic heterocycles. The molecule has 0 aliphatic carbocycles. The van der Waals surface area contributed by atoms with E-state index < -0.39 is 5.97 Å². The van der Waals surface area contributed by atoms with Gasteiger partial charge in [-0.1, -0.05) is 0 Å². The molecular weight excluding hydrogens is 296 g/mol. The van der Waals surface area contributed by atoms with Gasteiger partial charge in [0.25, 0.3) is 0 Å². The number of aromatic carboxylic acids is 1. The zero-order valence-corrected chi connectivity index (χ0v) is 13.4. The minimum atomic E-state index is -1.04. The standard InChI is InChI=1S/C16H20N4O3/c1-9(2)18-12-5-4-11(8-17-12)14-13(16(21)22)15-20(19-14)7-6-10(3)23-15/h4-5,8-10H,6-7H2,1-3H3,(H,17,18)(H,21,22)/t10-/m0/s1. The number of aromatic nitrogens is 3. The molecule has 0 bridgehead atoms. The summed E-state index contributed by atoms with van der Waals surface area (Å²) in [4.78, 5) is 16.0. The van der Waals surface area contributed by atoms with Crippen LogP contribution in [0.1, 0.15) is 37.6 Å². The van der Waals surface area contributed by atoms with Crippen molar-refractivity contribution in [1.29, 1.82) is 0 Å². The molecule has 2 aromatic heterocycles. The molecule has 2 N–H and O–H groups in total. The van der Waals surface area contributed by atoms with Crippen molar-refractivity contribution < 1.29 is 14.6 Å². The number of carbonyl (C=O) groups is 1. The Balaban J connectivity index is 2.01. The van der Waals surface area contributed by atoms with Gasteiger partial charge in [-0.25, -0.2) is 14.5 Å². The molecule has 1 aliphatic rings. The highest BCUT2D eigenvalue weighted by Crippen LogP contribution is 2.33. The van der Waals surface area contributed by atoms with Crippen molar-refractivity contribution in [2.75, 3.05) is 5.32 Å². The topological polar surface area (TPSA) is 89.3 Å². The first kappa shape index (κ1) is 15.3. The number of hydrogen-bond donors (Lipinski definition) is 2. The van der Waals surface area contributed by atoms with Crippen LogP contribution in [0, 0.1) is 0 Å². The first-order valence-corrected chi connectivity index (χ1v) is 7.69. The van der Waals surface area contributed by atoms with E-state index in [2.05, 4.69) is 15.4 Å². The number of nitrogens with zero attached hydrogens (tertiary/aromatic N) is 3. The van der Waals surface area contributed by atoms with E-state index in [1.807, 2.05) is 32.9 Å². The molecule has 3 heterocycles. The quantitative estimate of drug-likeness (QED) is 0.901. The third-order valence-corrected chi connectivity index (χ3v) is 3.65. The van der Waals surface area contributed by atoms with Crippen LogP contribution in [0.15, 0.2) is 18.3 Å². The number of carboxylic acid groups (broad SMARTS) is 1. The van der Waals surface area contributed by atoms with Crippen LogP contribution in [0.5, 0.6) is 5.88 Å². The second-order valence-electron chi connectivity index (χ2n) is 6.01. The summed E-state index contributed by atoms with van der Waals surface area (Å²) in [6.07, 6.45) is 2.43. The summed E-state index contributed by atoms with van der Waals surface area (Å²) in [7, 11) is 0. The van der Waals surface area contributed by atoms with Crippen LogP contribution < -0.4 is 10.1 Å². The van der Waals surface area contributed by atoms with Gasteiger partial charge in [0.1, 0.15) is 17.1 Å². The predicted molar refractivity (Wildman–Crippen MR) is 85.9 cm³/mol. The molecule has 0 saturated heterocycles. The van der Waals surface area contributed by atoms with Gasteiger partial charge in [0.15, 0.2) is 0 Å². The largest absolute Gasteiger partial charge is 0.477 e. The third-order valence-electron chi connectivity index (χ3n) is 3.65. The van der Waals surface area contributed by atoms with Gasteiger partial charge in [-0.15, -0.1) is 0 Å². The lowest BCUT2D eigenvalue weighted by Gasteiger charge is -2.21. The van der Waals surface area contributed by atoms with Crippen LogP contribution in [0.25, 0.3) is 11.3 Å². The lowest BCUT2D eigenvalue weighted by Crippen LogP contribution is -2.24. The summed E-state index contributed by atoms with van der Waals surface area (Å²) in [6, 6.07) is 3.92. The second kappa shape index (κ2) is 5.91. The molecular formula is C16H20N4O3. The maximum atomic E-state index is 11.7. The highest BCUT2D eigenvalue weighted by Gasteiger charge is 2.29. The number of ether oxygens (including phenoxy) is 1. The van der Waals surface area contributed by atoms with Crippen molar-refractivity contribution >= 4 is 11.8 Å². The third kappa shape index (κ3) is 2.99. The van der Waals surface area contributed by atoms with Crippen LogP contribution in [-0.4, -0.2) is 38.0 Å². The highest BCUT2D eigenvalue weighted by atomic mass is 16.5. The van der Waals surface area contributed by atoms with Crippen LogP contribution in [-0.2, 0) is 6.54 Å². The number of pyridine rings is 1. The fourth-order valence-electron chi connectivity index (χ4n) is 2.58. The van der Waals surface area contributed by atoms with Gasteiger partial charge in [0, 0.05) is 30.8 Å². The van der Waals surface area contributed by atoms with E-state index in [0.717, 1.165) is 12.2 Å². The molecule has 3 rings (SSSR count). The van der Waals surface area contributed by atoms with E-state index in [4.69, 9.17) is 4.74 Å². The average molecular weight is 316 g/mol. The maximum Gasteiger partial charge on any atom is 0.343 e. The predicted octanol–water partition coefficient (Wildman–Crippen LogP) is 2.63. The maximum absolute atomic E-state index is 11.7. The van der Waals surface area contributed by atoms with E-state index >= 15 is 0 Å². The first-order chi connectivity index (χ1) is 11.0. The van der Waals surface area contributed by atoms with Crippen LogP contribution >= 0.6 is 0 Å². The molecule has 0 aromatic carbocycles. The molecule has 2 aromatic rings. The summed E-state index contributed by atoms with van der Waals surface area (Å²) in [5, 5.41) is 17.2. The molecule has 23 heavy (non-hydrogen) atoms. The number of hydrogen-bond acceptors (Lipinski definition) is 5. The smallest absolute Gasteiger partial charge is 0.343 e. The number of fused-ring (bicyclic) bond motifs is 1. The van der Waals surface area contributed by atoms with E-state index in [1.54, 1.807) is 10.9 Å². The van der Waals surface area contributed by atoms with Crippen LogP contribution in [0.2, 0.25) is 0 Å². The number of rotatable bonds is 4. The molecule has 0 unspecified atom stereocenters. The fourth-order valence-corrected chi connectivity index (χ4v) is 2.58. The van der Waals surface area contributed by atoms with Gasteiger partial charge in [0.05, 0.1) is 6.10 Å². The fraction of sp³-hybridized carbons (Fsp3) is 0.438. The number of nitrogens with one attached hydrogen (secondary N) is 1. The van der Waals surface area contributed by atoms with E-state index in [0.29, 0.717) is 23.7 Å². The highest BCUT2D eigenvalue weighted by molar-refractivity contribution is 5.97. The summed E-state index contributed by atoms with van der Waals surface area (Å²) in [5.74, 6) is 0.0323. The average Bonchev–Trinajstić information content (AvgIpc) is 2.86. The van der Waals surface area contributed by atoms with E-state index in [-0.39, 0.29) is 17.7 Å². The van der Waals surface area contributed by atoms with Gasteiger partial charge in [0.2, 0.25) is 5.88 Å². The van der Waals surface area contributed by atoms with Gasteiger partial charge in [-0.3, -0.25) is 0 Å². The first-order valence-electron chi connectivity index (χ1n) is 7.69. The van der Waals surface area contributed by atoms with Crippen molar-refractivity contribution in [3.8, 4) is 17.1 Å². The lowest BCUT2D eigenvalue weighted by atomic mass is 10.1. The number of carboxylic acids is 1. The van der Waals surface area contributed by atoms with Gasteiger partial charge >= 0.3 is 5.97 Å². The van der Waals surface area contributed by atoms with Crippen LogP contribution in [0.3, 0.4) is 0 Å². The summed E-state index contributed by atoms with van der Waals surface area (Å²) >= 11 is 0. The SMILES string of the molecule is CC(C)Nc1ccc(-c2nn3c(c2C(=O)O)O[C@@H](C)CC3)cn1. The lowest BCUT2D eigenvalue weighted by molar-refractivity contribution is 0.0684. The Labute approximate surface area is 134 Å². The number of aryl methyl sites for hydroxylation is 1. The van der Waals surface area contributed by atoms with Gasteiger partial charge in [-0.05, 0) is 32.9 Å². The summed E-state index contributed by atoms with van der Waals surface area (Å²) in [5.41, 5.74) is 1.16. The Morgan fingerprint density at radius 2 is 2.26 bits per heavy atom. The number of anilines is 1. The van der Waals surface area contributed by atoms with Crippen molar-refractivity contribution in [1.82, 2.24) is 14.8 Å². The van der Waals surface area contributed by atoms with E-state index in [9.17, 15) is 9.90 Å². The monoisotopic (exact) mass is 316 g/mol. The molecule has 0 spiro atoms. The Morgan fingerprint density at radius 1 is 1.48 bits per heavy atom.